The van der Waals surface area contributed by atoms with E-state index in [1.807, 2.05) is 0 Å². The molecule has 0 amide bonds. The van der Waals surface area contributed by atoms with Crippen LogP contribution in [0, 0.1) is 5.82 Å². The summed E-state index contributed by atoms with van der Waals surface area (Å²) in [5.74, 6) is 1.17. The van der Waals surface area contributed by atoms with E-state index < -0.39 is 5.82 Å². The molecule has 7 nitrogen and oxygen atoms in total. The predicted octanol–water partition coefficient (Wildman–Crippen LogP) is 3.47. The van der Waals surface area contributed by atoms with Gasteiger partial charge < -0.3 is 24.7 Å². The van der Waals surface area contributed by atoms with E-state index in [4.69, 9.17) is 24.7 Å². The van der Waals surface area contributed by atoms with Crippen LogP contribution < -0.4 is 19.9 Å². The van der Waals surface area contributed by atoms with Crippen molar-refractivity contribution in [3.8, 4) is 23.0 Å². The minimum atomic E-state index is -0.532. The molecular weight excluding hydrogens is 389 g/mol. The quantitative estimate of drug-likeness (QED) is 0.594. The molecule has 0 bridgehead atoms. The smallest absolute Gasteiger partial charge is 0.167 e. The first-order valence-corrected chi connectivity index (χ1v) is 9.76. The Kier molecular flexibility index (Phi) is 6.15. The molecule has 0 atom stereocenters. The number of anilines is 1. The summed E-state index contributed by atoms with van der Waals surface area (Å²) in [7, 11) is 1.58. The van der Waals surface area contributed by atoms with Crippen molar-refractivity contribution in [3.63, 3.8) is 0 Å². The zero-order chi connectivity index (χ0) is 20.9. The van der Waals surface area contributed by atoms with Crippen LogP contribution >= 0.6 is 0 Å². The average molecular weight is 413 g/mol. The summed E-state index contributed by atoms with van der Waals surface area (Å²) in [4.78, 5) is 6.69. The molecule has 30 heavy (non-hydrogen) atoms. The van der Waals surface area contributed by atoms with Gasteiger partial charge in [-0.2, -0.15) is 0 Å². The fraction of sp³-hybridized carbons (Fsp3) is 0.318. The van der Waals surface area contributed by atoms with Crippen LogP contribution in [0.4, 0.5) is 10.1 Å². The number of benzene rings is 2. The number of nitrogen functional groups attached to an aromatic ring is 1. The van der Waals surface area contributed by atoms with Gasteiger partial charge in [-0.3, -0.25) is 9.88 Å². The molecule has 158 valence electrons. The summed E-state index contributed by atoms with van der Waals surface area (Å²) in [6.07, 6.45) is 1.61. The summed E-state index contributed by atoms with van der Waals surface area (Å²) in [6, 6.07) is 9.58. The number of aromatic nitrogens is 1. The van der Waals surface area contributed by atoms with Crippen LogP contribution in [0.2, 0.25) is 0 Å². The van der Waals surface area contributed by atoms with Crippen molar-refractivity contribution in [2.24, 2.45) is 0 Å². The Hall–Kier alpha value is -3.10. The Bertz CT molecular complexity index is 1020. The molecule has 1 aliphatic heterocycles. The molecular formula is C22H24FN3O4. The molecule has 1 aliphatic rings. The lowest BCUT2D eigenvalue weighted by molar-refractivity contribution is 0.0321. The molecule has 2 heterocycles. The maximum Gasteiger partial charge on any atom is 0.167 e. The predicted molar refractivity (Wildman–Crippen MR) is 112 cm³/mol. The van der Waals surface area contributed by atoms with Crippen molar-refractivity contribution in [2.45, 2.75) is 0 Å². The van der Waals surface area contributed by atoms with Crippen LogP contribution in [0.3, 0.4) is 0 Å². The van der Waals surface area contributed by atoms with Gasteiger partial charge in [0.25, 0.3) is 0 Å². The van der Waals surface area contributed by atoms with Crippen molar-refractivity contribution in [2.75, 3.05) is 52.3 Å². The highest BCUT2D eigenvalue weighted by molar-refractivity contribution is 5.88. The van der Waals surface area contributed by atoms with Gasteiger partial charge in [-0.1, -0.05) is 0 Å². The first kappa shape index (κ1) is 20.2. The SMILES string of the molecule is COc1cc2c(Oc3ccc(N)cc3F)ccnc2cc1OCCN1CCOCC1. The van der Waals surface area contributed by atoms with Gasteiger partial charge in [0.05, 0.1) is 25.8 Å². The van der Waals surface area contributed by atoms with E-state index in [1.54, 1.807) is 37.6 Å². The molecule has 0 aliphatic carbocycles. The largest absolute Gasteiger partial charge is 0.493 e. The number of rotatable bonds is 7. The average Bonchev–Trinajstić information content (AvgIpc) is 2.76. The Morgan fingerprint density at radius 1 is 1.07 bits per heavy atom. The number of fused-ring (bicyclic) bond motifs is 1. The number of nitrogens with zero attached hydrogens (tertiary/aromatic N) is 2. The summed E-state index contributed by atoms with van der Waals surface area (Å²) in [5.41, 5.74) is 6.60. The third kappa shape index (κ3) is 4.55. The van der Waals surface area contributed by atoms with Crippen LogP contribution in [-0.2, 0) is 4.74 Å². The van der Waals surface area contributed by atoms with Gasteiger partial charge in [0.15, 0.2) is 23.1 Å². The van der Waals surface area contributed by atoms with Crippen LogP contribution in [0.25, 0.3) is 10.9 Å². The van der Waals surface area contributed by atoms with Gasteiger partial charge in [0.1, 0.15) is 12.4 Å². The second-order valence-electron chi connectivity index (χ2n) is 6.92. The molecule has 2 aromatic carbocycles. The molecule has 0 unspecified atom stereocenters. The lowest BCUT2D eigenvalue weighted by Crippen LogP contribution is -2.38. The number of morpholine rings is 1. The summed E-state index contributed by atoms with van der Waals surface area (Å²) >= 11 is 0. The molecule has 0 saturated carbocycles. The van der Waals surface area contributed by atoms with E-state index in [2.05, 4.69) is 9.88 Å². The second-order valence-corrected chi connectivity index (χ2v) is 6.92. The van der Waals surface area contributed by atoms with Crippen molar-refractivity contribution in [1.82, 2.24) is 9.88 Å². The first-order valence-electron chi connectivity index (χ1n) is 9.76. The third-order valence-electron chi connectivity index (χ3n) is 4.93. The van der Waals surface area contributed by atoms with Crippen LogP contribution in [0.1, 0.15) is 0 Å². The van der Waals surface area contributed by atoms with Crippen molar-refractivity contribution >= 4 is 16.6 Å². The van der Waals surface area contributed by atoms with E-state index in [9.17, 15) is 4.39 Å². The van der Waals surface area contributed by atoms with E-state index in [0.29, 0.717) is 40.4 Å². The van der Waals surface area contributed by atoms with Gasteiger partial charge in [-0.25, -0.2) is 4.39 Å². The summed E-state index contributed by atoms with van der Waals surface area (Å²) < 4.78 is 36.8. The number of methoxy groups -OCH3 is 1. The zero-order valence-corrected chi connectivity index (χ0v) is 16.8. The van der Waals surface area contributed by atoms with Crippen LogP contribution in [0.5, 0.6) is 23.0 Å². The number of hydrogen-bond donors (Lipinski definition) is 1. The molecule has 1 fully saturated rings. The Morgan fingerprint density at radius 2 is 1.90 bits per heavy atom. The summed E-state index contributed by atoms with van der Waals surface area (Å²) in [6.45, 7) is 4.64. The third-order valence-corrected chi connectivity index (χ3v) is 4.93. The molecule has 1 aromatic heterocycles. The highest BCUT2D eigenvalue weighted by atomic mass is 19.1. The van der Waals surface area contributed by atoms with E-state index in [-0.39, 0.29) is 5.75 Å². The number of nitrogens with two attached hydrogens (primary N) is 1. The van der Waals surface area contributed by atoms with Gasteiger partial charge in [-0.15, -0.1) is 0 Å². The fourth-order valence-corrected chi connectivity index (χ4v) is 3.32. The lowest BCUT2D eigenvalue weighted by Gasteiger charge is -2.26. The molecule has 2 N–H and O–H groups in total. The maximum atomic E-state index is 14.2. The molecule has 3 aromatic rings. The van der Waals surface area contributed by atoms with Crippen LogP contribution in [-0.4, -0.2) is 56.4 Å². The molecule has 0 spiro atoms. The highest BCUT2D eigenvalue weighted by Crippen LogP contribution is 2.37. The minimum Gasteiger partial charge on any atom is -0.493 e. The highest BCUT2D eigenvalue weighted by Gasteiger charge is 2.15. The molecule has 8 heteroatoms. The maximum absolute atomic E-state index is 14.2. The molecule has 4 rings (SSSR count). The monoisotopic (exact) mass is 413 g/mol. The topological polar surface area (TPSA) is 79.1 Å². The Labute approximate surface area is 174 Å². The van der Waals surface area contributed by atoms with Crippen LogP contribution in [0.15, 0.2) is 42.6 Å². The van der Waals surface area contributed by atoms with Crippen molar-refractivity contribution in [3.05, 3.63) is 48.4 Å². The Balaban J connectivity index is 1.55. The van der Waals surface area contributed by atoms with Crippen molar-refractivity contribution < 1.29 is 23.3 Å². The van der Waals surface area contributed by atoms with E-state index >= 15 is 0 Å². The van der Waals surface area contributed by atoms with Crippen molar-refractivity contribution in [1.29, 1.82) is 0 Å². The van der Waals surface area contributed by atoms with E-state index in [1.165, 1.54) is 12.1 Å². The number of hydrogen-bond acceptors (Lipinski definition) is 7. The van der Waals surface area contributed by atoms with E-state index in [0.717, 1.165) is 32.8 Å². The standard InChI is InChI=1S/C22H24FN3O4/c1-27-21-13-16-18(14-22(21)29-11-8-26-6-9-28-10-7-26)25-5-4-19(16)30-20-3-2-15(24)12-17(20)23/h2-5,12-14H,6-11,24H2,1H3. The van der Waals surface area contributed by atoms with Gasteiger partial charge in [0.2, 0.25) is 0 Å². The fourth-order valence-electron chi connectivity index (χ4n) is 3.32. The zero-order valence-electron chi connectivity index (χ0n) is 16.8. The first-order chi connectivity index (χ1) is 14.6. The minimum absolute atomic E-state index is 0.0847. The molecule has 0 radical (unpaired) electrons. The Morgan fingerprint density at radius 3 is 2.67 bits per heavy atom. The number of pyridine rings is 1. The normalized spacial score (nSPS) is 14.6. The number of halogens is 1. The lowest BCUT2D eigenvalue weighted by atomic mass is 10.1. The second kappa shape index (κ2) is 9.15. The van der Waals surface area contributed by atoms with Gasteiger partial charge >= 0.3 is 0 Å². The summed E-state index contributed by atoms with van der Waals surface area (Å²) in [5, 5.41) is 0.686. The van der Waals surface area contributed by atoms with Gasteiger partial charge in [-0.05, 0) is 24.3 Å². The number of ether oxygens (including phenoxy) is 4. The van der Waals surface area contributed by atoms with Gasteiger partial charge in [0, 0.05) is 49.0 Å². The molecule has 1 saturated heterocycles.